The molecule has 3 aromatic rings. The molecule has 2 heterocycles. The highest BCUT2D eigenvalue weighted by molar-refractivity contribution is 6.30. The van der Waals surface area contributed by atoms with Crippen LogP contribution in [-0.2, 0) is 0 Å². The van der Waals surface area contributed by atoms with Crippen LogP contribution in [0.15, 0.2) is 41.6 Å². The van der Waals surface area contributed by atoms with Crippen molar-refractivity contribution in [2.24, 2.45) is 5.10 Å². The summed E-state index contributed by atoms with van der Waals surface area (Å²) in [4.78, 5) is 17.0. The Labute approximate surface area is 174 Å². The fourth-order valence-corrected chi connectivity index (χ4v) is 2.99. The SMILES string of the molecule is CCCOc1ccc(C=NNC(=O)c2c(C)nc3ccc(Cl)cn23)cc1OCC. The number of benzene rings is 1. The van der Waals surface area contributed by atoms with E-state index in [2.05, 4.69) is 15.5 Å². The number of rotatable bonds is 8. The summed E-state index contributed by atoms with van der Waals surface area (Å²) in [7, 11) is 0. The summed E-state index contributed by atoms with van der Waals surface area (Å²) < 4.78 is 13.0. The Bertz CT molecular complexity index is 1050. The monoisotopic (exact) mass is 414 g/mol. The number of hydrazone groups is 1. The molecule has 0 atom stereocenters. The predicted octanol–water partition coefficient (Wildman–Crippen LogP) is 4.25. The minimum Gasteiger partial charge on any atom is -0.490 e. The molecule has 2 aromatic heterocycles. The Morgan fingerprint density at radius 1 is 1.24 bits per heavy atom. The minimum absolute atomic E-state index is 0.374. The molecule has 0 saturated carbocycles. The predicted molar refractivity (Wildman–Crippen MR) is 113 cm³/mol. The van der Waals surface area contributed by atoms with Crippen LogP contribution in [0, 0.1) is 6.92 Å². The number of aryl methyl sites for hydroxylation is 1. The molecule has 8 heteroatoms. The van der Waals surface area contributed by atoms with E-state index in [0.29, 0.717) is 46.8 Å². The first-order valence-electron chi connectivity index (χ1n) is 9.40. The molecule has 1 aromatic carbocycles. The number of fused-ring (bicyclic) bond motifs is 1. The van der Waals surface area contributed by atoms with Crippen molar-refractivity contribution in [3.05, 3.63) is 58.5 Å². The topological polar surface area (TPSA) is 77.2 Å². The van der Waals surface area contributed by atoms with Crippen LogP contribution < -0.4 is 14.9 Å². The summed E-state index contributed by atoms with van der Waals surface area (Å²) in [6.07, 6.45) is 4.11. The standard InChI is InChI=1S/C21H23ClN4O3/c1-4-10-29-17-8-6-15(11-18(17)28-5-2)12-23-25-21(27)20-14(3)24-19-9-7-16(22)13-26(19)20/h6-9,11-13H,4-5,10H2,1-3H3,(H,25,27). The van der Waals surface area contributed by atoms with E-state index in [0.717, 1.165) is 12.0 Å². The van der Waals surface area contributed by atoms with Crippen molar-refractivity contribution >= 4 is 29.4 Å². The summed E-state index contributed by atoms with van der Waals surface area (Å²) in [5.74, 6) is 0.957. The van der Waals surface area contributed by atoms with E-state index in [1.54, 1.807) is 35.9 Å². The zero-order valence-corrected chi connectivity index (χ0v) is 17.4. The Hall–Kier alpha value is -3.06. The first-order chi connectivity index (χ1) is 14.0. The van der Waals surface area contributed by atoms with Gasteiger partial charge in [0.2, 0.25) is 0 Å². The zero-order valence-electron chi connectivity index (χ0n) is 16.6. The number of halogens is 1. The van der Waals surface area contributed by atoms with Gasteiger partial charge in [0.05, 0.1) is 30.1 Å². The van der Waals surface area contributed by atoms with E-state index in [1.807, 2.05) is 32.0 Å². The lowest BCUT2D eigenvalue weighted by Gasteiger charge is -2.11. The fraction of sp³-hybridized carbons (Fsp3) is 0.286. The van der Waals surface area contributed by atoms with Gasteiger partial charge in [0.25, 0.3) is 5.91 Å². The number of nitrogens with one attached hydrogen (secondary N) is 1. The summed E-state index contributed by atoms with van der Waals surface area (Å²) >= 11 is 6.04. The summed E-state index contributed by atoms with van der Waals surface area (Å²) in [6.45, 7) is 6.86. The second kappa shape index (κ2) is 9.43. The van der Waals surface area contributed by atoms with Crippen molar-refractivity contribution in [1.82, 2.24) is 14.8 Å². The van der Waals surface area contributed by atoms with E-state index in [4.69, 9.17) is 21.1 Å². The number of carbonyl (C=O) groups is 1. The molecule has 0 aliphatic rings. The molecule has 0 bridgehead atoms. The highest BCUT2D eigenvalue weighted by Crippen LogP contribution is 2.28. The third-order valence-electron chi connectivity index (χ3n) is 4.08. The van der Waals surface area contributed by atoms with Crippen molar-refractivity contribution in [3.63, 3.8) is 0 Å². The molecule has 0 saturated heterocycles. The molecule has 0 aliphatic heterocycles. The van der Waals surface area contributed by atoms with Gasteiger partial charge in [0.1, 0.15) is 11.3 Å². The van der Waals surface area contributed by atoms with E-state index < -0.39 is 0 Å². The van der Waals surface area contributed by atoms with Gasteiger partial charge in [-0.1, -0.05) is 18.5 Å². The molecule has 0 spiro atoms. The Morgan fingerprint density at radius 3 is 2.83 bits per heavy atom. The molecule has 0 aliphatic carbocycles. The number of ether oxygens (including phenoxy) is 2. The van der Waals surface area contributed by atoms with Crippen LogP contribution in [0.4, 0.5) is 0 Å². The van der Waals surface area contributed by atoms with Crippen LogP contribution in [0.3, 0.4) is 0 Å². The number of carbonyl (C=O) groups excluding carboxylic acids is 1. The summed E-state index contributed by atoms with van der Waals surface area (Å²) in [6, 6.07) is 8.99. The number of hydrogen-bond acceptors (Lipinski definition) is 5. The molecule has 0 radical (unpaired) electrons. The average molecular weight is 415 g/mol. The smallest absolute Gasteiger partial charge is 0.290 e. The molecule has 0 unspecified atom stereocenters. The molecule has 152 valence electrons. The van der Waals surface area contributed by atoms with Crippen LogP contribution >= 0.6 is 11.6 Å². The lowest BCUT2D eigenvalue weighted by atomic mass is 10.2. The van der Waals surface area contributed by atoms with Crippen molar-refractivity contribution in [2.45, 2.75) is 27.2 Å². The van der Waals surface area contributed by atoms with Crippen LogP contribution in [0.5, 0.6) is 11.5 Å². The third kappa shape index (κ3) is 4.86. The maximum Gasteiger partial charge on any atom is 0.290 e. The molecular formula is C21H23ClN4O3. The van der Waals surface area contributed by atoms with Gasteiger partial charge in [-0.05, 0) is 56.2 Å². The van der Waals surface area contributed by atoms with Gasteiger partial charge in [0, 0.05) is 6.20 Å². The Balaban J connectivity index is 1.76. The van der Waals surface area contributed by atoms with Crippen LogP contribution in [0.2, 0.25) is 5.02 Å². The normalized spacial score (nSPS) is 11.2. The van der Waals surface area contributed by atoms with E-state index in [9.17, 15) is 4.79 Å². The molecule has 29 heavy (non-hydrogen) atoms. The zero-order chi connectivity index (χ0) is 20.8. The number of amides is 1. The number of hydrogen-bond donors (Lipinski definition) is 1. The van der Waals surface area contributed by atoms with Gasteiger partial charge >= 0.3 is 0 Å². The minimum atomic E-state index is -0.374. The number of aromatic nitrogens is 2. The van der Waals surface area contributed by atoms with Crippen molar-refractivity contribution in [3.8, 4) is 11.5 Å². The van der Waals surface area contributed by atoms with Gasteiger partial charge < -0.3 is 9.47 Å². The van der Waals surface area contributed by atoms with Crippen molar-refractivity contribution < 1.29 is 14.3 Å². The highest BCUT2D eigenvalue weighted by Gasteiger charge is 2.16. The van der Waals surface area contributed by atoms with Crippen LogP contribution in [-0.4, -0.2) is 34.7 Å². The fourth-order valence-electron chi connectivity index (χ4n) is 2.83. The van der Waals surface area contributed by atoms with E-state index in [1.165, 1.54) is 0 Å². The Morgan fingerprint density at radius 2 is 2.07 bits per heavy atom. The first kappa shape index (κ1) is 20.7. The molecule has 1 amide bonds. The maximum absolute atomic E-state index is 12.6. The quantitative estimate of drug-likeness (QED) is 0.441. The molecule has 7 nitrogen and oxygen atoms in total. The lowest BCUT2D eigenvalue weighted by molar-refractivity contribution is 0.0948. The average Bonchev–Trinajstić information content (AvgIpc) is 3.02. The van der Waals surface area contributed by atoms with Gasteiger partial charge in [0.15, 0.2) is 11.5 Å². The van der Waals surface area contributed by atoms with Gasteiger partial charge in [-0.2, -0.15) is 5.10 Å². The summed E-state index contributed by atoms with van der Waals surface area (Å²) in [5, 5.41) is 4.58. The second-order valence-corrected chi connectivity index (χ2v) is 6.74. The Kier molecular flexibility index (Phi) is 6.72. The largest absolute Gasteiger partial charge is 0.490 e. The van der Waals surface area contributed by atoms with Gasteiger partial charge in [-0.3, -0.25) is 9.20 Å². The lowest BCUT2D eigenvalue weighted by Crippen LogP contribution is -2.20. The van der Waals surface area contributed by atoms with Gasteiger partial charge in [-0.15, -0.1) is 0 Å². The molecule has 1 N–H and O–H groups in total. The van der Waals surface area contributed by atoms with E-state index >= 15 is 0 Å². The molecule has 3 rings (SSSR count). The maximum atomic E-state index is 12.6. The van der Waals surface area contributed by atoms with Crippen LogP contribution in [0.1, 0.15) is 42.0 Å². The molecular weight excluding hydrogens is 392 g/mol. The first-order valence-corrected chi connectivity index (χ1v) is 9.78. The van der Waals surface area contributed by atoms with E-state index in [-0.39, 0.29) is 5.91 Å². The number of pyridine rings is 1. The van der Waals surface area contributed by atoms with Crippen LogP contribution in [0.25, 0.3) is 5.65 Å². The third-order valence-corrected chi connectivity index (χ3v) is 4.30. The van der Waals surface area contributed by atoms with Crippen molar-refractivity contribution in [2.75, 3.05) is 13.2 Å². The van der Waals surface area contributed by atoms with Crippen molar-refractivity contribution in [1.29, 1.82) is 0 Å². The van der Waals surface area contributed by atoms with Gasteiger partial charge in [-0.25, -0.2) is 10.4 Å². The number of imidazole rings is 1. The highest BCUT2D eigenvalue weighted by atomic mass is 35.5. The molecule has 0 fully saturated rings. The number of nitrogens with zero attached hydrogens (tertiary/aromatic N) is 3. The summed E-state index contributed by atoms with van der Waals surface area (Å²) in [5.41, 5.74) is 4.94. The second-order valence-electron chi connectivity index (χ2n) is 6.31.